The van der Waals surface area contributed by atoms with E-state index in [2.05, 4.69) is 74.5 Å². The lowest BCUT2D eigenvalue weighted by molar-refractivity contribution is 0.0226. The fraction of sp³-hybridized carbons (Fsp3) is 0.100. The second-order valence-electron chi connectivity index (χ2n) is 9.08. The summed E-state index contributed by atoms with van der Waals surface area (Å²) in [7, 11) is 0. The summed E-state index contributed by atoms with van der Waals surface area (Å²) in [6.07, 6.45) is 0. The highest BCUT2D eigenvalue weighted by Crippen LogP contribution is 2.58. The second-order valence-corrected chi connectivity index (χ2v) is 9.08. The Morgan fingerprint density at radius 2 is 1.42 bits per heavy atom. The smallest absolute Gasteiger partial charge is 0.340 e. The first-order valence-corrected chi connectivity index (χ1v) is 11.1. The van der Waals surface area contributed by atoms with Crippen molar-refractivity contribution in [3.63, 3.8) is 0 Å². The largest absolute Gasteiger partial charge is 0.456 e. The van der Waals surface area contributed by atoms with Crippen molar-refractivity contribution < 1.29 is 14.3 Å². The Labute approximate surface area is 191 Å². The molecule has 0 saturated carbocycles. The normalized spacial score (nSPS) is 18.1. The summed E-state index contributed by atoms with van der Waals surface area (Å²) in [5.74, 6) is 1.16. The Bertz CT molecular complexity index is 1660. The molecule has 7 rings (SSSR count). The van der Waals surface area contributed by atoms with Crippen molar-refractivity contribution >= 4 is 27.5 Å². The van der Waals surface area contributed by atoms with Crippen LogP contribution in [-0.2, 0) is 10.3 Å². The molecule has 1 unspecified atom stereocenters. The number of carbonyl (C=O) groups excluding carboxylic acids is 1. The monoisotopic (exact) mass is 428 g/mol. The van der Waals surface area contributed by atoms with Gasteiger partial charge in [-0.25, -0.2) is 4.79 Å². The number of aryl methyl sites for hydroxylation is 2. The molecule has 0 bridgehead atoms. The van der Waals surface area contributed by atoms with E-state index in [0.29, 0.717) is 5.56 Å². The van der Waals surface area contributed by atoms with Gasteiger partial charge in [-0.3, -0.25) is 0 Å². The van der Waals surface area contributed by atoms with Crippen molar-refractivity contribution in [3.05, 3.63) is 118 Å². The molecule has 3 heteroatoms. The third-order valence-corrected chi connectivity index (χ3v) is 6.96. The van der Waals surface area contributed by atoms with Crippen LogP contribution in [0.5, 0.6) is 11.5 Å². The van der Waals surface area contributed by atoms with Gasteiger partial charge in [0, 0.05) is 22.1 Å². The first-order chi connectivity index (χ1) is 16.0. The zero-order valence-corrected chi connectivity index (χ0v) is 18.3. The third kappa shape index (κ3) is 2.37. The predicted octanol–water partition coefficient (Wildman–Crippen LogP) is 7.18. The van der Waals surface area contributed by atoms with Crippen molar-refractivity contribution in [2.24, 2.45) is 0 Å². The highest BCUT2D eigenvalue weighted by molar-refractivity contribution is 6.00. The van der Waals surface area contributed by atoms with E-state index in [9.17, 15) is 4.79 Å². The summed E-state index contributed by atoms with van der Waals surface area (Å²) >= 11 is 0. The molecule has 0 fully saturated rings. The van der Waals surface area contributed by atoms with Gasteiger partial charge in [0.25, 0.3) is 0 Å². The molecule has 0 amide bonds. The number of esters is 1. The number of hydrogen-bond donors (Lipinski definition) is 0. The standard InChI is InChI=1S/C30H20O3/c1-17-7-9-19-15-26-27(16-21(19)14-17)32-28-22-11-8-18(2)13-20(22)10-12-25(28)30(26)24-6-4-3-5-23(24)29(31)33-30/h3-16H,1-2H3. The highest BCUT2D eigenvalue weighted by atomic mass is 16.6. The van der Waals surface area contributed by atoms with E-state index in [1.54, 1.807) is 0 Å². The molecule has 5 aromatic carbocycles. The molecule has 0 saturated heterocycles. The first kappa shape index (κ1) is 18.5. The van der Waals surface area contributed by atoms with Crippen molar-refractivity contribution in [1.29, 1.82) is 0 Å². The van der Waals surface area contributed by atoms with Crippen LogP contribution in [0.2, 0.25) is 0 Å². The van der Waals surface area contributed by atoms with Crippen LogP contribution in [0.15, 0.2) is 84.9 Å². The fourth-order valence-electron chi connectivity index (χ4n) is 5.44. The molecule has 5 aromatic rings. The van der Waals surface area contributed by atoms with Gasteiger partial charge in [0.1, 0.15) is 11.5 Å². The Morgan fingerprint density at radius 1 is 0.667 bits per heavy atom. The minimum absolute atomic E-state index is 0.308. The van der Waals surface area contributed by atoms with Crippen LogP contribution < -0.4 is 4.74 Å². The van der Waals surface area contributed by atoms with E-state index >= 15 is 0 Å². The van der Waals surface area contributed by atoms with Crippen LogP contribution in [0, 0.1) is 13.8 Å². The zero-order chi connectivity index (χ0) is 22.3. The van der Waals surface area contributed by atoms with E-state index in [1.165, 1.54) is 11.1 Å². The van der Waals surface area contributed by atoms with E-state index < -0.39 is 5.60 Å². The van der Waals surface area contributed by atoms with Crippen molar-refractivity contribution in [2.45, 2.75) is 19.4 Å². The molecule has 33 heavy (non-hydrogen) atoms. The summed E-state index contributed by atoms with van der Waals surface area (Å²) < 4.78 is 13.0. The lowest BCUT2D eigenvalue weighted by atomic mass is 9.76. The zero-order valence-electron chi connectivity index (χ0n) is 18.3. The maximum Gasteiger partial charge on any atom is 0.340 e. The maximum absolute atomic E-state index is 13.1. The van der Waals surface area contributed by atoms with Crippen LogP contribution in [0.4, 0.5) is 0 Å². The number of rotatable bonds is 0. The molecular weight excluding hydrogens is 408 g/mol. The molecule has 2 aliphatic rings. The van der Waals surface area contributed by atoms with Crippen LogP contribution in [-0.4, -0.2) is 5.97 Å². The highest BCUT2D eigenvalue weighted by Gasteiger charge is 2.53. The Hall–Kier alpha value is -4.11. The number of carbonyl (C=O) groups is 1. The average Bonchev–Trinajstić information content (AvgIpc) is 3.11. The van der Waals surface area contributed by atoms with Crippen LogP contribution in [0.3, 0.4) is 0 Å². The lowest BCUT2D eigenvalue weighted by Gasteiger charge is -2.37. The van der Waals surface area contributed by atoms with E-state index in [0.717, 1.165) is 49.7 Å². The third-order valence-electron chi connectivity index (χ3n) is 6.96. The quantitative estimate of drug-likeness (QED) is 0.245. The first-order valence-electron chi connectivity index (χ1n) is 11.1. The minimum Gasteiger partial charge on any atom is -0.456 e. The topological polar surface area (TPSA) is 35.5 Å². The number of benzene rings is 5. The SMILES string of the molecule is Cc1ccc2cc3c(cc2c1)Oc1c(ccc2cc(C)ccc12)C31OC(=O)c2ccccc21. The number of fused-ring (bicyclic) bond motifs is 9. The van der Waals surface area contributed by atoms with E-state index in [1.807, 2.05) is 24.3 Å². The maximum atomic E-state index is 13.1. The molecule has 0 aliphatic carbocycles. The van der Waals surface area contributed by atoms with Gasteiger partial charge in [-0.15, -0.1) is 0 Å². The number of ether oxygens (including phenoxy) is 2. The van der Waals surface area contributed by atoms with Crippen molar-refractivity contribution in [3.8, 4) is 11.5 Å². The Kier molecular flexibility index (Phi) is 3.49. The molecule has 0 N–H and O–H groups in total. The Balaban J connectivity index is 1.64. The minimum atomic E-state index is -1.05. The molecule has 0 aromatic heterocycles. The summed E-state index contributed by atoms with van der Waals surface area (Å²) in [6.45, 7) is 4.17. The molecule has 0 radical (unpaired) electrons. The second kappa shape index (κ2) is 6.23. The fourth-order valence-corrected chi connectivity index (χ4v) is 5.44. The summed E-state index contributed by atoms with van der Waals surface area (Å²) in [6, 6.07) is 28.7. The average molecular weight is 428 g/mol. The van der Waals surface area contributed by atoms with Gasteiger partial charge in [-0.2, -0.15) is 0 Å². The van der Waals surface area contributed by atoms with Crippen molar-refractivity contribution in [1.82, 2.24) is 0 Å². The summed E-state index contributed by atoms with van der Waals surface area (Å²) in [5, 5.41) is 4.29. The number of hydrogen-bond acceptors (Lipinski definition) is 3. The summed E-state index contributed by atoms with van der Waals surface area (Å²) in [5.41, 5.74) is 4.50. The summed E-state index contributed by atoms with van der Waals surface area (Å²) in [4.78, 5) is 13.1. The van der Waals surface area contributed by atoms with Gasteiger partial charge in [0.05, 0.1) is 5.56 Å². The van der Waals surface area contributed by atoms with Gasteiger partial charge >= 0.3 is 5.97 Å². The van der Waals surface area contributed by atoms with Crippen LogP contribution in [0.1, 0.15) is 38.2 Å². The van der Waals surface area contributed by atoms with Crippen molar-refractivity contribution in [2.75, 3.05) is 0 Å². The molecular formula is C30H20O3. The van der Waals surface area contributed by atoms with Gasteiger partial charge < -0.3 is 9.47 Å². The van der Waals surface area contributed by atoms with Gasteiger partial charge in [-0.1, -0.05) is 71.8 Å². The molecule has 2 aliphatic heterocycles. The van der Waals surface area contributed by atoms with E-state index in [4.69, 9.17) is 9.47 Å². The predicted molar refractivity (Wildman–Crippen MR) is 129 cm³/mol. The van der Waals surface area contributed by atoms with Gasteiger partial charge in [0.15, 0.2) is 5.60 Å². The molecule has 2 heterocycles. The van der Waals surface area contributed by atoms with E-state index in [-0.39, 0.29) is 5.97 Å². The molecule has 1 atom stereocenters. The Morgan fingerprint density at radius 3 is 2.30 bits per heavy atom. The molecule has 158 valence electrons. The van der Waals surface area contributed by atoms with Gasteiger partial charge in [-0.05, 0) is 54.3 Å². The van der Waals surface area contributed by atoms with Crippen LogP contribution >= 0.6 is 0 Å². The van der Waals surface area contributed by atoms with Crippen LogP contribution in [0.25, 0.3) is 21.5 Å². The molecule has 1 spiro atoms. The lowest BCUT2D eigenvalue weighted by Crippen LogP contribution is -2.33. The molecule has 3 nitrogen and oxygen atoms in total. The van der Waals surface area contributed by atoms with Gasteiger partial charge in [0.2, 0.25) is 0 Å².